The van der Waals surface area contributed by atoms with Crippen LogP contribution < -0.4 is 5.48 Å². The molecule has 0 aliphatic rings. The lowest BCUT2D eigenvalue weighted by atomic mass is 10.2. The lowest BCUT2D eigenvalue weighted by Gasteiger charge is -2.06. The molecule has 76 valence electrons. The molecule has 0 aliphatic heterocycles. The zero-order valence-corrected chi connectivity index (χ0v) is 10.0. The third-order valence-electron chi connectivity index (χ3n) is 1.47. The lowest BCUT2D eigenvalue weighted by molar-refractivity contribution is 0.0532. The molecule has 0 saturated heterocycles. The summed E-state index contributed by atoms with van der Waals surface area (Å²) in [4.78, 5) is 15.7. The molecule has 0 unspecified atom stereocenters. The summed E-state index contributed by atoms with van der Waals surface area (Å²) < 4.78 is 13.9. The second-order valence-electron chi connectivity index (χ2n) is 2.35. The number of amides is 1. The Hall–Kier alpha value is -0.400. The average Bonchev–Trinajstić information content (AvgIpc) is 2.13. The van der Waals surface area contributed by atoms with Gasteiger partial charge in [-0.1, -0.05) is 11.6 Å². The van der Waals surface area contributed by atoms with E-state index in [4.69, 9.17) is 11.6 Å². The van der Waals surface area contributed by atoms with Crippen LogP contribution in [0.5, 0.6) is 0 Å². The standard InChI is InChI=1S/C8H6ClFINO2/c1-14-12-8(13)6-5(11)3-2-4(9)7(6)10/h2-3H,1H3,(H,12,13). The van der Waals surface area contributed by atoms with Gasteiger partial charge in [0.05, 0.1) is 17.7 Å². The normalized spacial score (nSPS) is 10.0. The fourth-order valence-corrected chi connectivity index (χ4v) is 1.70. The number of benzene rings is 1. The van der Waals surface area contributed by atoms with E-state index in [9.17, 15) is 9.18 Å². The Kier molecular flexibility index (Phi) is 4.09. The Morgan fingerprint density at radius 1 is 1.64 bits per heavy atom. The van der Waals surface area contributed by atoms with E-state index >= 15 is 0 Å². The molecular formula is C8H6ClFINO2. The van der Waals surface area contributed by atoms with Crippen molar-refractivity contribution in [2.24, 2.45) is 0 Å². The molecule has 0 bridgehead atoms. The summed E-state index contributed by atoms with van der Waals surface area (Å²) in [6.45, 7) is 0. The van der Waals surface area contributed by atoms with Gasteiger partial charge in [-0.2, -0.15) is 0 Å². The molecule has 1 aromatic carbocycles. The molecule has 14 heavy (non-hydrogen) atoms. The molecule has 0 saturated carbocycles. The molecular weight excluding hydrogens is 323 g/mol. The zero-order chi connectivity index (χ0) is 10.7. The minimum atomic E-state index is -0.742. The van der Waals surface area contributed by atoms with Crippen molar-refractivity contribution in [2.75, 3.05) is 7.11 Å². The van der Waals surface area contributed by atoms with Gasteiger partial charge in [-0.15, -0.1) is 0 Å². The van der Waals surface area contributed by atoms with Crippen LogP contribution in [0.2, 0.25) is 5.02 Å². The van der Waals surface area contributed by atoms with E-state index in [0.29, 0.717) is 3.57 Å². The number of hydrogen-bond donors (Lipinski definition) is 1. The van der Waals surface area contributed by atoms with Crippen LogP contribution in [0, 0.1) is 9.39 Å². The zero-order valence-electron chi connectivity index (χ0n) is 7.11. The molecule has 1 rings (SSSR count). The van der Waals surface area contributed by atoms with Gasteiger partial charge in [0.2, 0.25) is 0 Å². The van der Waals surface area contributed by atoms with Gasteiger partial charge in [-0.25, -0.2) is 9.87 Å². The molecule has 0 heterocycles. The predicted molar refractivity (Wildman–Crippen MR) is 58.6 cm³/mol. The van der Waals surface area contributed by atoms with E-state index in [1.54, 1.807) is 6.07 Å². The first-order valence-electron chi connectivity index (χ1n) is 3.54. The van der Waals surface area contributed by atoms with Gasteiger partial charge >= 0.3 is 0 Å². The smallest absolute Gasteiger partial charge is 0.277 e. The van der Waals surface area contributed by atoms with E-state index in [1.807, 2.05) is 28.1 Å². The molecule has 1 amide bonds. The fourth-order valence-electron chi connectivity index (χ4n) is 0.879. The van der Waals surface area contributed by atoms with Crippen molar-refractivity contribution < 1.29 is 14.0 Å². The fraction of sp³-hybridized carbons (Fsp3) is 0.125. The number of nitrogens with one attached hydrogen (secondary N) is 1. The van der Waals surface area contributed by atoms with E-state index < -0.39 is 11.7 Å². The van der Waals surface area contributed by atoms with Crippen molar-refractivity contribution in [1.29, 1.82) is 0 Å². The minimum Gasteiger partial charge on any atom is -0.277 e. The summed E-state index contributed by atoms with van der Waals surface area (Å²) in [7, 11) is 1.27. The Balaban J connectivity index is 3.18. The van der Waals surface area contributed by atoms with Gasteiger partial charge in [0.15, 0.2) is 5.82 Å². The third-order valence-corrected chi connectivity index (χ3v) is 2.66. The molecule has 0 atom stereocenters. The molecule has 0 spiro atoms. The maximum Gasteiger partial charge on any atom is 0.278 e. The van der Waals surface area contributed by atoms with Gasteiger partial charge in [0.1, 0.15) is 0 Å². The van der Waals surface area contributed by atoms with Crippen molar-refractivity contribution >= 4 is 40.1 Å². The number of hydrogen-bond acceptors (Lipinski definition) is 2. The highest BCUT2D eigenvalue weighted by atomic mass is 127. The Morgan fingerprint density at radius 2 is 2.29 bits per heavy atom. The largest absolute Gasteiger partial charge is 0.278 e. The summed E-state index contributed by atoms with van der Waals surface area (Å²) >= 11 is 7.37. The van der Waals surface area contributed by atoms with Crippen LogP contribution in [0.25, 0.3) is 0 Å². The predicted octanol–water partition coefficient (Wildman–Crippen LogP) is 2.37. The first-order valence-corrected chi connectivity index (χ1v) is 5.00. The number of rotatable bonds is 2. The molecule has 1 N–H and O–H groups in total. The van der Waals surface area contributed by atoms with Crippen molar-refractivity contribution in [2.45, 2.75) is 0 Å². The SMILES string of the molecule is CONC(=O)c1c(I)ccc(Cl)c1F. The van der Waals surface area contributed by atoms with Gasteiger partial charge < -0.3 is 0 Å². The van der Waals surface area contributed by atoms with E-state index in [-0.39, 0.29) is 10.6 Å². The van der Waals surface area contributed by atoms with Crippen LogP contribution >= 0.6 is 34.2 Å². The van der Waals surface area contributed by atoms with Crippen LogP contribution in [-0.4, -0.2) is 13.0 Å². The maximum atomic E-state index is 13.4. The number of carbonyl (C=O) groups is 1. The summed E-state index contributed by atoms with van der Waals surface area (Å²) in [5.74, 6) is -1.40. The minimum absolute atomic E-state index is 0.0910. The Morgan fingerprint density at radius 3 is 2.86 bits per heavy atom. The summed E-state index contributed by atoms with van der Waals surface area (Å²) in [6.07, 6.45) is 0. The number of carbonyl (C=O) groups excluding carboxylic acids is 1. The number of halogens is 3. The highest BCUT2D eigenvalue weighted by molar-refractivity contribution is 14.1. The van der Waals surface area contributed by atoms with Crippen LogP contribution in [0.1, 0.15) is 10.4 Å². The molecule has 0 aliphatic carbocycles. The Bertz CT molecular complexity index is 373. The van der Waals surface area contributed by atoms with E-state index in [1.165, 1.54) is 13.2 Å². The third kappa shape index (κ3) is 2.34. The summed E-state index contributed by atoms with van der Waals surface area (Å²) in [5.41, 5.74) is 1.92. The second-order valence-corrected chi connectivity index (χ2v) is 3.92. The molecule has 3 nitrogen and oxygen atoms in total. The summed E-state index contributed by atoms with van der Waals surface area (Å²) in [5, 5.41) is -0.0910. The van der Waals surface area contributed by atoms with Gasteiger partial charge in [-0.05, 0) is 34.7 Å². The molecule has 0 aromatic heterocycles. The molecule has 6 heteroatoms. The molecule has 1 aromatic rings. The van der Waals surface area contributed by atoms with Crippen LogP contribution in [0.4, 0.5) is 4.39 Å². The van der Waals surface area contributed by atoms with Crippen LogP contribution in [-0.2, 0) is 4.84 Å². The average molecular weight is 329 g/mol. The van der Waals surface area contributed by atoms with Crippen molar-refractivity contribution in [1.82, 2.24) is 5.48 Å². The molecule has 0 fully saturated rings. The summed E-state index contributed by atoms with van der Waals surface area (Å²) in [6, 6.07) is 2.94. The quantitative estimate of drug-likeness (QED) is 0.514. The highest BCUT2D eigenvalue weighted by Gasteiger charge is 2.17. The monoisotopic (exact) mass is 329 g/mol. The van der Waals surface area contributed by atoms with Crippen molar-refractivity contribution in [3.8, 4) is 0 Å². The van der Waals surface area contributed by atoms with Gasteiger partial charge in [-0.3, -0.25) is 9.63 Å². The van der Waals surface area contributed by atoms with Crippen LogP contribution in [0.3, 0.4) is 0 Å². The van der Waals surface area contributed by atoms with Gasteiger partial charge in [0.25, 0.3) is 5.91 Å². The molecule has 0 radical (unpaired) electrons. The maximum absolute atomic E-state index is 13.4. The van der Waals surface area contributed by atoms with Crippen molar-refractivity contribution in [3.05, 3.63) is 32.1 Å². The Labute approximate surface area is 98.7 Å². The van der Waals surface area contributed by atoms with E-state index in [2.05, 4.69) is 4.84 Å². The topological polar surface area (TPSA) is 38.3 Å². The lowest BCUT2D eigenvalue weighted by Crippen LogP contribution is -2.24. The first kappa shape index (κ1) is 11.7. The van der Waals surface area contributed by atoms with E-state index in [0.717, 1.165) is 0 Å². The second kappa shape index (κ2) is 4.90. The number of hydroxylamine groups is 1. The first-order chi connectivity index (χ1) is 6.57. The van der Waals surface area contributed by atoms with Gasteiger partial charge in [0, 0.05) is 3.57 Å². The van der Waals surface area contributed by atoms with Crippen molar-refractivity contribution in [3.63, 3.8) is 0 Å². The highest BCUT2D eigenvalue weighted by Crippen LogP contribution is 2.23. The van der Waals surface area contributed by atoms with Crippen LogP contribution in [0.15, 0.2) is 12.1 Å².